The molecule has 0 bridgehead atoms. The van der Waals surface area contributed by atoms with Gasteiger partial charge in [-0.25, -0.2) is 0 Å². The molecule has 5 rings (SSSR count). The van der Waals surface area contributed by atoms with Crippen LogP contribution in [-0.2, 0) is 13.2 Å². The zero-order chi connectivity index (χ0) is 24.4. The van der Waals surface area contributed by atoms with E-state index >= 15 is 0 Å². The molecule has 1 amide bonds. The SMILES string of the molecule is Cc1nn(Cc2cccc3ccccc23)c(C)c1NC(=O)c1noc(C)c1COc1ccccc1. The fourth-order valence-corrected chi connectivity index (χ4v) is 4.21. The normalized spacial score (nSPS) is 11.1. The molecule has 0 aliphatic heterocycles. The summed E-state index contributed by atoms with van der Waals surface area (Å²) in [4.78, 5) is 13.2. The molecular formula is C28H26N4O3. The van der Waals surface area contributed by atoms with Crippen molar-refractivity contribution in [1.29, 1.82) is 0 Å². The number of benzene rings is 3. The van der Waals surface area contributed by atoms with E-state index in [9.17, 15) is 4.79 Å². The van der Waals surface area contributed by atoms with Crippen molar-refractivity contribution in [1.82, 2.24) is 14.9 Å². The lowest BCUT2D eigenvalue weighted by atomic mass is 10.0. The highest BCUT2D eigenvalue weighted by Gasteiger charge is 2.23. The molecule has 7 heteroatoms. The van der Waals surface area contributed by atoms with Crippen molar-refractivity contribution in [3.63, 3.8) is 0 Å². The quantitative estimate of drug-likeness (QED) is 0.326. The molecule has 1 N–H and O–H groups in total. The van der Waals surface area contributed by atoms with Crippen molar-refractivity contribution in [2.24, 2.45) is 0 Å². The Morgan fingerprint density at radius 3 is 2.54 bits per heavy atom. The van der Waals surface area contributed by atoms with E-state index in [4.69, 9.17) is 14.4 Å². The number of aromatic nitrogens is 3. The van der Waals surface area contributed by atoms with Crippen molar-refractivity contribution >= 4 is 22.4 Å². The fourth-order valence-electron chi connectivity index (χ4n) is 4.21. The molecule has 0 aliphatic carbocycles. The monoisotopic (exact) mass is 466 g/mol. The summed E-state index contributed by atoms with van der Waals surface area (Å²) < 4.78 is 13.1. The van der Waals surface area contributed by atoms with E-state index in [1.165, 1.54) is 16.3 Å². The molecule has 5 aromatic rings. The Kier molecular flexibility index (Phi) is 6.06. The van der Waals surface area contributed by atoms with E-state index < -0.39 is 0 Å². The van der Waals surface area contributed by atoms with E-state index in [1.54, 1.807) is 6.92 Å². The van der Waals surface area contributed by atoms with Gasteiger partial charge in [0.25, 0.3) is 5.91 Å². The average Bonchev–Trinajstić information content (AvgIpc) is 3.37. The summed E-state index contributed by atoms with van der Waals surface area (Å²) in [6, 6.07) is 24.0. The van der Waals surface area contributed by atoms with Crippen molar-refractivity contribution < 1.29 is 14.1 Å². The third-order valence-electron chi connectivity index (χ3n) is 6.15. The first kappa shape index (κ1) is 22.4. The van der Waals surface area contributed by atoms with Gasteiger partial charge in [0, 0.05) is 0 Å². The predicted octanol–water partition coefficient (Wildman–Crippen LogP) is 5.83. The van der Waals surface area contributed by atoms with Gasteiger partial charge in [0.2, 0.25) is 0 Å². The summed E-state index contributed by atoms with van der Waals surface area (Å²) in [6.07, 6.45) is 0. The zero-order valence-electron chi connectivity index (χ0n) is 19.9. The third-order valence-corrected chi connectivity index (χ3v) is 6.15. The van der Waals surface area contributed by atoms with E-state index in [1.807, 2.05) is 61.0 Å². The van der Waals surface area contributed by atoms with Gasteiger partial charge in [-0.15, -0.1) is 0 Å². The second-order valence-corrected chi connectivity index (χ2v) is 8.46. The Labute approximate surface area is 203 Å². The Bertz CT molecular complexity index is 1500. The Morgan fingerprint density at radius 1 is 0.971 bits per heavy atom. The van der Waals surface area contributed by atoms with Gasteiger partial charge < -0.3 is 14.6 Å². The molecule has 0 saturated carbocycles. The van der Waals surface area contributed by atoms with Gasteiger partial charge in [-0.1, -0.05) is 65.8 Å². The van der Waals surface area contributed by atoms with E-state index in [0.717, 1.165) is 11.4 Å². The second kappa shape index (κ2) is 9.46. The average molecular weight is 467 g/mol. The van der Waals surface area contributed by atoms with Crippen LogP contribution >= 0.6 is 0 Å². The number of nitrogens with one attached hydrogen (secondary N) is 1. The summed E-state index contributed by atoms with van der Waals surface area (Å²) >= 11 is 0. The largest absolute Gasteiger partial charge is 0.489 e. The maximum absolute atomic E-state index is 13.2. The van der Waals surface area contributed by atoms with E-state index in [2.05, 4.69) is 40.8 Å². The first-order valence-corrected chi connectivity index (χ1v) is 11.5. The third kappa shape index (κ3) is 4.53. The molecule has 0 saturated heterocycles. The molecule has 0 aliphatic rings. The maximum atomic E-state index is 13.2. The number of anilines is 1. The fraction of sp³-hybridized carbons (Fsp3) is 0.179. The molecule has 0 unspecified atom stereocenters. The minimum absolute atomic E-state index is 0.181. The summed E-state index contributed by atoms with van der Waals surface area (Å²) in [7, 11) is 0. The van der Waals surface area contributed by atoms with Crippen LogP contribution in [0.5, 0.6) is 5.75 Å². The molecule has 0 fully saturated rings. The summed E-state index contributed by atoms with van der Waals surface area (Å²) in [5.74, 6) is 0.899. The van der Waals surface area contributed by atoms with Crippen LogP contribution in [0.4, 0.5) is 5.69 Å². The number of aryl methyl sites for hydroxylation is 2. The minimum Gasteiger partial charge on any atom is -0.489 e. The molecule has 0 atom stereocenters. The van der Waals surface area contributed by atoms with Gasteiger partial charge in [0.05, 0.1) is 29.2 Å². The van der Waals surface area contributed by atoms with Gasteiger partial charge in [0.15, 0.2) is 5.69 Å². The smallest absolute Gasteiger partial charge is 0.278 e. The molecular weight excluding hydrogens is 440 g/mol. The highest BCUT2D eigenvalue weighted by atomic mass is 16.5. The van der Waals surface area contributed by atoms with Crippen LogP contribution in [0.15, 0.2) is 77.3 Å². The first-order chi connectivity index (χ1) is 17.0. The molecule has 2 heterocycles. The second-order valence-electron chi connectivity index (χ2n) is 8.46. The minimum atomic E-state index is -0.357. The van der Waals surface area contributed by atoms with Gasteiger partial charge in [-0.3, -0.25) is 9.48 Å². The van der Waals surface area contributed by atoms with Crippen molar-refractivity contribution in [2.75, 3.05) is 5.32 Å². The molecule has 7 nitrogen and oxygen atoms in total. The highest BCUT2D eigenvalue weighted by Crippen LogP contribution is 2.25. The Hall–Kier alpha value is -4.39. The first-order valence-electron chi connectivity index (χ1n) is 11.5. The molecule has 176 valence electrons. The number of hydrogen-bond donors (Lipinski definition) is 1. The zero-order valence-corrected chi connectivity index (χ0v) is 19.9. The number of fused-ring (bicyclic) bond motifs is 1. The van der Waals surface area contributed by atoms with E-state index in [-0.39, 0.29) is 18.2 Å². The summed E-state index contributed by atoms with van der Waals surface area (Å²) in [6.45, 7) is 6.39. The lowest BCUT2D eigenvalue weighted by Gasteiger charge is -2.10. The highest BCUT2D eigenvalue weighted by molar-refractivity contribution is 6.04. The molecule has 2 aromatic heterocycles. The Morgan fingerprint density at radius 2 is 1.71 bits per heavy atom. The van der Waals surface area contributed by atoms with Gasteiger partial charge in [0.1, 0.15) is 18.1 Å². The number of nitrogens with zero attached hydrogens (tertiary/aromatic N) is 3. The lowest BCUT2D eigenvalue weighted by molar-refractivity contribution is 0.101. The number of hydrogen-bond acceptors (Lipinski definition) is 5. The molecule has 0 radical (unpaired) electrons. The van der Waals surface area contributed by atoms with Crippen LogP contribution in [0, 0.1) is 20.8 Å². The van der Waals surface area contributed by atoms with Crippen LogP contribution in [-0.4, -0.2) is 20.8 Å². The van der Waals surface area contributed by atoms with E-state index in [0.29, 0.717) is 29.3 Å². The lowest BCUT2D eigenvalue weighted by Crippen LogP contribution is -2.16. The van der Waals surface area contributed by atoms with Crippen molar-refractivity contribution in [2.45, 2.75) is 33.9 Å². The number of carbonyl (C=O) groups excluding carboxylic acids is 1. The molecule has 35 heavy (non-hydrogen) atoms. The predicted molar refractivity (Wildman–Crippen MR) is 135 cm³/mol. The molecule has 3 aromatic carbocycles. The van der Waals surface area contributed by atoms with Crippen LogP contribution < -0.4 is 10.1 Å². The van der Waals surface area contributed by atoms with Crippen LogP contribution in [0.3, 0.4) is 0 Å². The van der Waals surface area contributed by atoms with Crippen LogP contribution in [0.2, 0.25) is 0 Å². The number of amides is 1. The summed E-state index contributed by atoms with van der Waals surface area (Å²) in [5, 5.41) is 14.1. The number of rotatable bonds is 7. The number of para-hydroxylation sites is 1. The number of carbonyl (C=O) groups is 1. The number of ether oxygens (including phenoxy) is 1. The standard InChI is InChI=1S/C28H26N4O3/c1-18-26(19(2)32(30-18)16-22-12-9-11-21-10-7-8-15-24(21)22)29-28(33)27-25(20(3)35-31-27)17-34-23-13-5-4-6-14-23/h4-15H,16-17H2,1-3H3,(H,29,33). The summed E-state index contributed by atoms with van der Waals surface area (Å²) in [5.41, 5.74) is 4.26. The molecule has 0 spiro atoms. The topological polar surface area (TPSA) is 82.2 Å². The van der Waals surface area contributed by atoms with Crippen LogP contribution in [0.1, 0.15) is 38.8 Å². The van der Waals surface area contributed by atoms with Crippen molar-refractivity contribution in [3.8, 4) is 5.75 Å². The van der Waals surface area contributed by atoms with Gasteiger partial charge >= 0.3 is 0 Å². The van der Waals surface area contributed by atoms with Crippen molar-refractivity contribution in [3.05, 3.63) is 107 Å². The maximum Gasteiger partial charge on any atom is 0.278 e. The van der Waals surface area contributed by atoms with Gasteiger partial charge in [-0.05, 0) is 49.2 Å². The van der Waals surface area contributed by atoms with Crippen LogP contribution in [0.25, 0.3) is 10.8 Å². The van der Waals surface area contributed by atoms with Gasteiger partial charge in [-0.2, -0.15) is 5.10 Å². The Balaban J connectivity index is 1.36.